The molecule has 0 radical (unpaired) electrons. The molecule has 0 amide bonds. The predicted octanol–water partition coefficient (Wildman–Crippen LogP) is 4.59. The Morgan fingerprint density at radius 2 is 1.90 bits per heavy atom. The second kappa shape index (κ2) is 6.93. The van der Waals surface area contributed by atoms with E-state index in [1.807, 2.05) is 0 Å². The van der Waals surface area contributed by atoms with Crippen molar-refractivity contribution in [2.75, 3.05) is 6.61 Å². The minimum atomic E-state index is 0.226. The first kappa shape index (κ1) is 16.5. The zero-order valence-electron chi connectivity index (χ0n) is 14.3. The molecule has 1 aromatic carbocycles. The smallest absolute Gasteiger partial charge is 0.0587 e. The molecule has 1 aromatic rings. The maximum atomic E-state index is 5.76. The second-order valence-electron chi connectivity index (χ2n) is 7.38. The van der Waals surface area contributed by atoms with E-state index in [-0.39, 0.29) is 5.41 Å². The zero-order chi connectivity index (χ0) is 15.5. The molecule has 1 aliphatic heterocycles. The van der Waals surface area contributed by atoms with Gasteiger partial charge < -0.3 is 10.1 Å². The fraction of sp³-hybridized carbons (Fsp3) is 0.684. The predicted molar refractivity (Wildman–Crippen MR) is 89.7 cm³/mol. The van der Waals surface area contributed by atoms with Crippen molar-refractivity contribution in [3.8, 4) is 0 Å². The van der Waals surface area contributed by atoms with Crippen molar-refractivity contribution in [3.05, 3.63) is 35.4 Å². The summed E-state index contributed by atoms with van der Waals surface area (Å²) in [6, 6.07) is 10.1. The van der Waals surface area contributed by atoms with Crippen molar-refractivity contribution in [2.45, 2.75) is 77.5 Å². The molecule has 0 spiro atoms. The SMILES string of the molecule is CCC1CC(NC(C)c2ccc(C(C)(C)C)cc2)CCO1. The molecular weight excluding hydrogens is 258 g/mol. The zero-order valence-corrected chi connectivity index (χ0v) is 14.3. The maximum absolute atomic E-state index is 5.76. The van der Waals surface area contributed by atoms with Crippen LogP contribution in [0, 0.1) is 0 Å². The van der Waals surface area contributed by atoms with E-state index in [0.29, 0.717) is 18.2 Å². The van der Waals surface area contributed by atoms with Gasteiger partial charge in [-0.2, -0.15) is 0 Å². The summed E-state index contributed by atoms with van der Waals surface area (Å²) in [4.78, 5) is 0. The Balaban J connectivity index is 1.95. The summed E-state index contributed by atoms with van der Waals surface area (Å²) in [5, 5.41) is 3.78. The fourth-order valence-corrected chi connectivity index (χ4v) is 3.04. The van der Waals surface area contributed by atoms with Crippen LogP contribution in [-0.4, -0.2) is 18.8 Å². The van der Waals surface area contributed by atoms with Gasteiger partial charge in [0.1, 0.15) is 0 Å². The van der Waals surface area contributed by atoms with Crippen LogP contribution >= 0.6 is 0 Å². The van der Waals surface area contributed by atoms with Crippen molar-refractivity contribution < 1.29 is 4.74 Å². The molecule has 3 atom stereocenters. The molecule has 3 unspecified atom stereocenters. The quantitative estimate of drug-likeness (QED) is 0.875. The first-order valence-electron chi connectivity index (χ1n) is 8.38. The Morgan fingerprint density at radius 1 is 1.24 bits per heavy atom. The number of hydrogen-bond donors (Lipinski definition) is 1. The number of benzene rings is 1. The monoisotopic (exact) mass is 289 g/mol. The van der Waals surface area contributed by atoms with Crippen LogP contribution < -0.4 is 5.32 Å². The van der Waals surface area contributed by atoms with Crippen molar-refractivity contribution in [3.63, 3.8) is 0 Å². The van der Waals surface area contributed by atoms with Crippen molar-refractivity contribution >= 4 is 0 Å². The van der Waals surface area contributed by atoms with Crippen LogP contribution in [0.25, 0.3) is 0 Å². The third-order valence-electron chi connectivity index (χ3n) is 4.59. The van der Waals surface area contributed by atoms with Gasteiger partial charge in [-0.3, -0.25) is 0 Å². The molecule has 2 nitrogen and oxygen atoms in total. The Bertz CT molecular complexity index is 432. The van der Waals surface area contributed by atoms with Crippen LogP contribution in [0.2, 0.25) is 0 Å². The van der Waals surface area contributed by atoms with Crippen LogP contribution in [0.15, 0.2) is 24.3 Å². The van der Waals surface area contributed by atoms with E-state index in [1.54, 1.807) is 0 Å². The van der Waals surface area contributed by atoms with Gasteiger partial charge >= 0.3 is 0 Å². The van der Waals surface area contributed by atoms with E-state index in [2.05, 4.69) is 64.2 Å². The number of hydrogen-bond acceptors (Lipinski definition) is 2. The van der Waals surface area contributed by atoms with Gasteiger partial charge in [-0.05, 0) is 42.7 Å². The first-order chi connectivity index (χ1) is 9.90. The summed E-state index contributed by atoms with van der Waals surface area (Å²) in [6.45, 7) is 12.2. The minimum absolute atomic E-state index is 0.226. The molecule has 118 valence electrons. The highest BCUT2D eigenvalue weighted by Crippen LogP contribution is 2.25. The molecule has 0 saturated carbocycles. The maximum Gasteiger partial charge on any atom is 0.0587 e. The van der Waals surface area contributed by atoms with Crippen molar-refractivity contribution in [1.82, 2.24) is 5.32 Å². The summed E-state index contributed by atoms with van der Waals surface area (Å²) >= 11 is 0. The van der Waals surface area contributed by atoms with Crippen LogP contribution in [-0.2, 0) is 10.2 Å². The number of nitrogens with one attached hydrogen (secondary N) is 1. The molecule has 1 saturated heterocycles. The first-order valence-corrected chi connectivity index (χ1v) is 8.38. The molecule has 2 heteroatoms. The van der Waals surface area contributed by atoms with Gasteiger partial charge in [0.2, 0.25) is 0 Å². The van der Waals surface area contributed by atoms with Gasteiger partial charge in [0.05, 0.1) is 6.10 Å². The molecule has 21 heavy (non-hydrogen) atoms. The van der Waals surface area contributed by atoms with E-state index in [1.165, 1.54) is 11.1 Å². The van der Waals surface area contributed by atoms with Gasteiger partial charge in [0.25, 0.3) is 0 Å². The molecule has 1 fully saturated rings. The fourth-order valence-electron chi connectivity index (χ4n) is 3.04. The summed E-state index contributed by atoms with van der Waals surface area (Å²) in [7, 11) is 0. The number of rotatable bonds is 4. The van der Waals surface area contributed by atoms with E-state index in [0.717, 1.165) is 25.9 Å². The van der Waals surface area contributed by atoms with E-state index in [4.69, 9.17) is 4.74 Å². The summed E-state index contributed by atoms with van der Waals surface area (Å²) in [5.74, 6) is 0. The topological polar surface area (TPSA) is 21.3 Å². The molecular formula is C19H31NO. The standard InChI is InChI=1S/C19H31NO/c1-6-18-13-17(11-12-21-18)20-14(2)15-7-9-16(10-8-15)19(3,4)5/h7-10,14,17-18,20H,6,11-13H2,1-5H3. The Hall–Kier alpha value is -0.860. The largest absolute Gasteiger partial charge is 0.378 e. The van der Waals surface area contributed by atoms with Crippen LogP contribution in [0.1, 0.15) is 71.0 Å². The van der Waals surface area contributed by atoms with E-state index >= 15 is 0 Å². The third kappa shape index (κ3) is 4.55. The summed E-state index contributed by atoms with van der Waals surface area (Å²) in [6.07, 6.45) is 3.82. The average molecular weight is 289 g/mol. The van der Waals surface area contributed by atoms with E-state index in [9.17, 15) is 0 Å². The highest BCUT2D eigenvalue weighted by atomic mass is 16.5. The summed E-state index contributed by atoms with van der Waals surface area (Å²) in [5.41, 5.74) is 3.00. The lowest BCUT2D eigenvalue weighted by Crippen LogP contribution is -2.39. The highest BCUT2D eigenvalue weighted by Gasteiger charge is 2.23. The second-order valence-corrected chi connectivity index (χ2v) is 7.38. The minimum Gasteiger partial charge on any atom is -0.378 e. The normalized spacial score (nSPS) is 24.8. The van der Waals surface area contributed by atoms with Gasteiger partial charge in [-0.15, -0.1) is 0 Å². The Morgan fingerprint density at radius 3 is 2.48 bits per heavy atom. The van der Waals surface area contributed by atoms with Gasteiger partial charge in [0, 0.05) is 18.7 Å². The van der Waals surface area contributed by atoms with Gasteiger partial charge in [0.15, 0.2) is 0 Å². The molecule has 0 aliphatic carbocycles. The van der Waals surface area contributed by atoms with Crippen LogP contribution in [0.5, 0.6) is 0 Å². The molecule has 0 bridgehead atoms. The number of ether oxygens (including phenoxy) is 1. The van der Waals surface area contributed by atoms with Gasteiger partial charge in [-0.1, -0.05) is 52.0 Å². The van der Waals surface area contributed by atoms with Crippen molar-refractivity contribution in [2.24, 2.45) is 0 Å². The third-order valence-corrected chi connectivity index (χ3v) is 4.59. The Labute approximate surface area is 130 Å². The molecule has 0 aromatic heterocycles. The molecule has 2 rings (SSSR count). The van der Waals surface area contributed by atoms with Crippen molar-refractivity contribution in [1.29, 1.82) is 0 Å². The molecule has 1 N–H and O–H groups in total. The average Bonchev–Trinajstić information content (AvgIpc) is 2.46. The van der Waals surface area contributed by atoms with Crippen LogP contribution in [0.3, 0.4) is 0 Å². The molecule has 1 aliphatic rings. The Kier molecular flexibility index (Phi) is 5.45. The van der Waals surface area contributed by atoms with Crippen LogP contribution in [0.4, 0.5) is 0 Å². The highest BCUT2D eigenvalue weighted by molar-refractivity contribution is 5.29. The summed E-state index contributed by atoms with van der Waals surface area (Å²) < 4.78 is 5.76. The lowest BCUT2D eigenvalue weighted by atomic mass is 9.86. The lowest BCUT2D eigenvalue weighted by Gasteiger charge is -2.32. The lowest BCUT2D eigenvalue weighted by molar-refractivity contribution is -0.00165. The van der Waals surface area contributed by atoms with Gasteiger partial charge in [-0.25, -0.2) is 0 Å². The van der Waals surface area contributed by atoms with E-state index < -0.39 is 0 Å². The molecule has 1 heterocycles.